The van der Waals surface area contributed by atoms with E-state index in [2.05, 4.69) is 10.2 Å². The third-order valence-electron chi connectivity index (χ3n) is 4.36. The maximum absolute atomic E-state index is 13.1. The predicted molar refractivity (Wildman–Crippen MR) is 96.9 cm³/mol. The lowest BCUT2D eigenvalue weighted by atomic mass is 10.1. The van der Waals surface area contributed by atoms with Gasteiger partial charge in [-0.1, -0.05) is 30.3 Å². The van der Waals surface area contributed by atoms with Gasteiger partial charge in [0, 0.05) is 24.2 Å². The number of morpholine rings is 1. The number of hydrogen-bond acceptors (Lipinski definition) is 6. The number of amides is 1. The Hall–Kier alpha value is -3.19. The van der Waals surface area contributed by atoms with Gasteiger partial charge >= 0.3 is 0 Å². The van der Waals surface area contributed by atoms with Crippen LogP contribution in [0.15, 0.2) is 65.4 Å². The Morgan fingerprint density at radius 2 is 1.78 bits per heavy atom. The number of nitrogens with zero attached hydrogens (tertiary/aromatic N) is 3. The topological polar surface area (TPSA) is 77.7 Å². The second kappa shape index (κ2) is 8.01. The van der Waals surface area contributed by atoms with Gasteiger partial charge in [0.15, 0.2) is 0 Å². The molecule has 7 nitrogen and oxygen atoms in total. The van der Waals surface area contributed by atoms with Crippen LogP contribution in [0.3, 0.4) is 0 Å². The monoisotopic (exact) mass is 365 g/mol. The molecule has 27 heavy (non-hydrogen) atoms. The second-order valence-electron chi connectivity index (χ2n) is 6.11. The second-order valence-corrected chi connectivity index (χ2v) is 6.11. The van der Waals surface area contributed by atoms with Crippen molar-refractivity contribution >= 4 is 5.91 Å². The van der Waals surface area contributed by atoms with E-state index in [4.69, 9.17) is 13.9 Å². The van der Waals surface area contributed by atoms with Gasteiger partial charge in [-0.05, 0) is 24.3 Å². The van der Waals surface area contributed by atoms with Gasteiger partial charge in [0.1, 0.15) is 5.75 Å². The minimum atomic E-state index is -0.710. The lowest BCUT2D eigenvalue weighted by Gasteiger charge is -2.30. The van der Waals surface area contributed by atoms with Gasteiger partial charge in [-0.2, -0.15) is 0 Å². The molecule has 1 saturated heterocycles. The first-order valence-electron chi connectivity index (χ1n) is 8.76. The van der Waals surface area contributed by atoms with Crippen molar-refractivity contribution < 1.29 is 18.7 Å². The van der Waals surface area contributed by atoms with Crippen LogP contribution in [0.5, 0.6) is 5.75 Å². The van der Waals surface area contributed by atoms with Crippen LogP contribution < -0.4 is 4.74 Å². The summed E-state index contributed by atoms with van der Waals surface area (Å²) < 4.78 is 16.6. The summed E-state index contributed by atoms with van der Waals surface area (Å²) >= 11 is 0. The highest BCUT2D eigenvalue weighted by Gasteiger charge is 2.29. The lowest BCUT2D eigenvalue weighted by Crippen LogP contribution is -2.44. The SMILES string of the molecule is O=C(C(Oc1ccc(-c2nnco2)cc1)c1ccccc1)N1CCOCC1. The number of carbonyl (C=O) groups excluding carboxylic acids is 1. The van der Waals surface area contributed by atoms with Crippen molar-refractivity contribution in [1.82, 2.24) is 15.1 Å². The van der Waals surface area contributed by atoms with E-state index < -0.39 is 6.10 Å². The molecule has 1 aromatic heterocycles. The third kappa shape index (κ3) is 3.98. The zero-order valence-electron chi connectivity index (χ0n) is 14.7. The molecule has 7 heteroatoms. The van der Waals surface area contributed by atoms with Crippen LogP contribution in [0.2, 0.25) is 0 Å². The Bertz CT molecular complexity index is 860. The van der Waals surface area contributed by atoms with Gasteiger partial charge in [0.2, 0.25) is 18.4 Å². The van der Waals surface area contributed by atoms with Crippen molar-refractivity contribution in [2.75, 3.05) is 26.3 Å². The summed E-state index contributed by atoms with van der Waals surface area (Å²) in [5, 5.41) is 7.56. The van der Waals surface area contributed by atoms with Crippen LogP contribution in [0, 0.1) is 0 Å². The molecule has 4 rings (SSSR count). The van der Waals surface area contributed by atoms with Crippen LogP contribution >= 0.6 is 0 Å². The van der Waals surface area contributed by atoms with Gasteiger partial charge in [0.25, 0.3) is 5.91 Å². The summed E-state index contributed by atoms with van der Waals surface area (Å²) in [4.78, 5) is 14.9. The molecule has 0 spiro atoms. The largest absolute Gasteiger partial charge is 0.476 e. The predicted octanol–water partition coefficient (Wildman–Crippen LogP) is 2.72. The molecule has 0 N–H and O–H groups in total. The number of aromatic nitrogens is 2. The summed E-state index contributed by atoms with van der Waals surface area (Å²) in [6.07, 6.45) is 0.574. The van der Waals surface area contributed by atoms with Crippen molar-refractivity contribution in [1.29, 1.82) is 0 Å². The summed E-state index contributed by atoms with van der Waals surface area (Å²) in [5.41, 5.74) is 1.60. The summed E-state index contributed by atoms with van der Waals surface area (Å²) in [6.45, 7) is 2.24. The molecule has 1 fully saturated rings. The molecule has 1 aliphatic heterocycles. The van der Waals surface area contributed by atoms with Crippen molar-refractivity contribution in [3.8, 4) is 17.2 Å². The van der Waals surface area contributed by atoms with Crippen molar-refractivity contribution in [3.63, 3.8) is 0 Å². The molecular weight excluding hydrogens is 346 g/mol. The van der Waals surface area contributed by atoms with Crippen LogP contribution in [0.4, 0.5) is 0 Å². The molecule has 0 bridgehead atoms. The Labute approximate surface area is 156 Å². The smallest absolute Gasteiger partial charge is 0.268 e. The highest BCUT2D eigenvalue weighted by atomic mass is 16.5. The first kappa shape index (κ1) is 17.2. The minimum absolute atomic E-state index is 0.0644. The van der Waals surface area contributed by atoms with E-state index in [0.29, 0.717) is 37.9 Å². The van der Waals surface area contributed by atoms with Crippen molar-refractivity contribution in [2.24, 2.45) is 0 Å². The average Bonchev–Trinajstić information content (AvgIpc) is 3.28. The maximum Gasteiger partial charge on any atom is 0.268 e. The Morgan fingerprint density at radius 3 is 2.44 bits per heavy atom. The average molecular weight is 365 g/mol. The fourth-order valence-corrected chi connectivity index (χ4v) is 2.95. The van der Waals surface area contributed by atoms with E-state index in [1.807, 2.05) is 42.5 Å². The summed E-state index contributed by atoms with van der Waals surface area (Å²) in [6, 6.07) is 16.7. The molecule has 0 saturated carbocycles. The number of ether oxygens (including phenoxy) is 2. The van der Waals surface area contributed by atoms with E-state index in [-0.39, 0.29) is 5.91 Å². The Kier molecular flexibility index (Phi) is 5.11. The zero-order chi connectivity index (χ0) is 18.5. The fourth-order valence-electron chi connectivity index (χ4n) is 2.95. The molecule has 0 aliphatic carbocycles. The molecule has 1 atom stereocenters. The normalized spacial score (nSPS) is 15.3. The van der Waals surface area contributed by atoms with E-state index in [9.17, 15) is 4.79 Å². The lowest BCUT2D eigenvalue weighted by molar-refractivity contribution is -0.143. The standard InChI is InChI=1S/C20H19N3O4/c24-20(23-10-12-25-13-11-23)18(15-4-2-1-3-5-15)27-17-8-6-16(7-9-17)19-22-21-14-26-19/h1-9,14,18H,10-13H2. The van der Waals surface area contributed by atoms with Gasteiger partial charge in [-0.25, -0.2) is 0 Å². The van der Waals surface area contributed by atoms with E-state index in [1.165, 1.54) is 6.39 Å². The van der Waals surface area contributed by atoms with Crippen LogP contribution in [0.1, 0.15) is 11.7 Å². The highest BCUT2D eigenvalue weighted by molar-refractivity contribution is 5.82. The molecule has 3 aromatic rings. The zero-order valence-corrected chi connectivity index (χ0v) is 14.7. The molecule has 2 aromatic carbocycles. The number of rotatable bonds is 5. The summed E-state index contributed by atoms with van der Waals surface area (Å²) in [5.74, 6) is 0.963. The van der Waals surface area contributed by atoms with Crippen molar-refractivity contribution in [3.05, 3.63) is 66.6 Å². The van der Waals surface area contributed by atoms with E-state index in [0.717, 1.165) is 11.1 Å². The fraction of sp³-hybridized carbons (Fsp3) is 0.250. The van der Waals surface area contributed by atoms with Gasteiger partial charge in [-0.15, -0.1) is 10.2 Å². The Balaban J connectivity index is 1.56. The van der Waals surface area contributed by atoms with Crippen LogP contribution in [-0.4, -0.2) is 47.3 Å². The van der Waals surface area contributed by atoms with Gasteiger partial charge in [-0.3, -0.25) is 4.79 Å². The van der Waals surface area contributed by atoms with Crippen molar-refractivity contribution in [2.45, 2.75) is 6.10 Å². The van der Waals surface area contributed by atoms with E-state index >= 15 is 0 Å². The maximum atomic E-state index is 13.1. The van der Waals surface area contributed by atoms with Gasteiger partial charge < -0.3 is 18.8 Å². The quantitative estimate of drug-likeness (QED) is 0.692. The third-order valence-corrected chi connectivity index (χ3v) is 4.36. The molecule has 1 aliphatic rings. The number of carbonyl (C=O) groups is 1. The number of hydrogen-bond donors (Lipinski definition) is 0. The molecule has 138 valence electrons. The van der Waals surface area contributed by atoms with E-state index in [1.54, 1.807) is 17.0 Å². The summed E-state index contributed by atoms with van der Waals surface area (Å²) in [7, 11) is 0. The first-order chi connectivity index (χ1) is 13.3. The molecule has 2 heterocycles. The molecule has 1 amide bonds. The van der Waals surface area contributed by atoms with Crippen LogP contribution in [-0.2, 0) is 9.53 Å². The van der Waals surface area contributed by atoms with Crippen LogP contribution in [0.25, 0.3) is 11.5 Å². The van der Waals surface area contributed by atoms with Gasteiger partial charge in [0.05, 0.1) is 13.2 Å². The molecule has 1 unspecified atom stereocenters. The number of benzene rings is 2. The molecular formula is C20H19N3O4. The first-order valence-corrected chi connectivity index (χ1v) is 8.76. The minimum Gasteiger partial charge on any atom is -0.476 e. The molecule has 0 radical (unpaired) electrons. The Morgan fingerprint density at radius 1 is 1.04 bits per heavy atom. The highest BCUT2D eigenvalue weighted by Crippen LogP contribution is 2.26.